The van der Waals surface area contributed by atoms with Crippen molar-refractivity contribution in [1.29, 1.82) is 0 Å². The smallest absolute Gasteiger partial charge is 0.0106 e. The van der Waals surface area contributed by atoms with Crippen LogP contribution in [-0.2, 0) is 7.05 Å². The van der Waals surface area contributed by atoms with Crippen LogP contribution in [-0.4, -0.2) is 4.57 Å². The van der Waals surface area contributed by atoms with Crippen molar-refractivity contribution < 1.29 is 0 Å². The molecule has 1 rings (SSSR count). The fourth-order valence-electron chi connectivity index (χ4n) is 1.71. The predicted molar refractivity (Wildman–Crippen MR) is 82.7 cm³/mol. The Bertz CT molecular complexity index is 258. The first-order valence-electron chi connectivity index (χ1n) is 7.10. The summed E-state index contributed by atoms with van der Waals surface area (Å²) in [4.78, 5) is 0. The van der Waals surface area contributed by atoms with E-state index < -0.39 is 0 Å². The van der Waals surface area contributed by atoms with Gasteiger partial charge in [-0.15, -0.1) is 13.2 Å². The fourth-order valence-corrected chi connectivity index (χ4v) is 1.71. The minimum Gasteiger partial charge on any atom is -0.357 e. The first-order chi connectivity index (χ1) is 8.81. The van der Waals surface area contributed by atoms with Crippen molar-refractivity contribution in [1.82, 2.24) is 4.57 Å². The number of allylic oxidation sites excluding steroid dienone is 2. The summed E-state index contributed by atoms with van der Waals surface area (Å²) in [5, 5.41) is 0. The molecule has 0 N–H and O–H groups in total. The highest BCUT2D eigenvalue weighted by Crippen LogP contribution is 2.08. The van der Waals surface area contributed by atoms with Gasteiger partial charge in [-0.3, -0.25) is 0 Å². The molecule has 18 heavy (non-hydrogen) atoms. The third-order valence-electron chi connectivity index (χ3n) is 2.82. The fraction of sp³-hybridized carbons (Fsp3) is 0.529. The summed E-state index contributed by atoms with van der Waals surface area (Å²) in [6.45, 7) is 7.42. The molecule has 0 saturated heterocycles. The largest absolute Gasteiger partial charge is 0.357 e. The molecule has 0 bridgehead atoms. The Hall–Kier alpha value is -1.24. The molecule has 0 unspecified atom stereocenters. The van der Waals surface area contributed by atoms with Gasteiger partial charge < -0.3 is 4.57 Å². The zero-order valence-electron chi connectivity index (χ0n) is 12.0. The van der Waals surface area contributed by atoms with Gasteiger partial charge in [0, 0.05) is 19.4 Å². The van der Waals surface area contributed by atoms with Crippen LogP contribution in [0.3, 0.4) is 0 Å². The number of unbranched alkanes of at least 4 members (excludes halogenated alkanes) is 7. The molecule has 0 amide bonds. The molecule has 1 aromatic heterocycles. The van der Waals surface area contributed by atoms with Gasteiger partial charge in [-0.1, -0.05) is 37.8 Å². The maximum absolute atomic E-state index is 3.71. The highest BCUT2D eigenvalue weighted by Gasteiger charge is 1.88. The van der Waals surface area contributed by atoms with Crippen LogP contribution in [0.2, 0.25) is 0 Å². The summed E-state index contributed by atoms with van der Waals surface area (Å²) >= 11 is 0. The van der Waals surface area contributed by atoms with E-state index in [2.05, 4.69) is 13.2 Å². The number of aromatic nitrogens is 1. The second-order valence-corrected chi connectivity index (χ2v) is 4.62. The quantitative estimate of drug-likeness (QED) is 0.401. The molecule has 0 atom stereocenters. The summed E-state index contributed by atoms with van der Waals surface area (Å²) in [5.41, 5.74) is 0. The van der Waals surface area contributed by atoms with Crippen LogP contribution in [0.5, 0.6) is 0 Å². The van der Waals surface area contributed by atoms with E-state index in [0.717, 1.165) is 0 Å². The van der Waals surface area contributed by atoms with Crippen LogP contribution in [0.1, 0.15) is 51.4 Å². The van der Waals surface area contributed by atoms with E-state index in [1.165, 1.54) is 51.4 Å². The summed E-state index contributed by atoms with van der Waals surface area (Å²) in [5.74, 6) is 0. The second-order valence-electron chi connectivity index (χ2n) is 4.62. The van der Waals surface area contributed by atoms with E-state index in [0.29, 0.717) is 0 Å². The number of aryl methyl sites for hydroxylation is 1. The van der Waals surface area contributed by atoms with Crippen molar-refractivity contribution in [3.63, 3.8) is 0 Å². The minimum atomic E-state index is 1.19. The first kappa shape index (κ1) is 16.8. The van der Waals surface area contributed by atoms with Crippen LogP contribution in [0.25, 0.3) is 0 Å². The Kier molecular flexibility index (Phi) is 12.9. The van der Waals surface area contributed by atoms with Gasteiger partial charge >= 0.3 is 0 Å². The SMILES string of the molecule is C=CCCCCCCCCC=C.Cn1cccc1. The molecular formula is C17H29N. The molecule has 0 saturated carbocycles. The lowest BCUT2D eigenvalue weighted by Crippen LogP contribution is -1.78. The molecule has 1 nitrogen and oxygen atoms in total. The van der Waals surface area contributed by atoms with Crippen LogP contribution in [0, 0.1) is 0 Å². The Morgan fingerprint density at radius 2 is 1.17 bits per heavy atom. The van der Waals surface area contributed by atoms with Crippen molar-refractivity contribution >= 4 is 0 Å². The van der Waals surface area contributed by atoms with E-state index in [4.69, 9.17) is 0 Å². The summed E-state index contributed by atoms with van der Waals surface area (Å²) in [6, 6.07) is 4.00. The second kappa shape index (κ2) is 13.8. The van der Waals surface area contributed by atoms with Crippen molar-refractivity contribution in [2.75, 3.05) is 0 Å². The Morgan fingerprint density at radius 3 is 1.44 bits per heavy atom. The summed E-state index contributed by atoms with van der Waals surface area (Å²) < 4.78 is 2.00. The lowest BCUT2D eigenvalue weighted by Gasteiger charge is -1.98. The van der Waals surface area contributed by atoms with Crippen LogP contribution in [0.4, 0.5) is 0 Å². The Balaban J connectivity index is 0.000000397. The Labute approximate surface area is 113 Å². The minimum absolute atomic E-state index is 1.19. The summed E-state index contributed by atoms with van der Waals surface area (Å²) in [7, 11) is 2.00. The van der Waals surface area contributed by atoms with Gasteiger partial charge in [-0.05, 0) is 37.8 Å². The van der Waals surface area contributed by atoms with Gasteiger partial charge in [-0.2, -0.15) is 0 Å². The van der Waals surface area contributed by atoms with E-state index in [-0.39, 0.29) is 0 Å². The van der Waals surface area contributed by atoms with Gasteiger partial charge in [0.1, 0.15) is 0 Å². The van der Waals surface area contributed by atoms with E-state index in [1.807, 2.05) is 48.3 Å². The molecule has 0 fully saturated rings. The highest BCUT2D eigenvalue weighted by atomic mass is 14.9. The lowest BCUT2D eigenvalue weighted by molar-refractivity contribution is 0.600. The van der Waals surface area contributed by atoms with Crippen LogP contribution in [0.15, 0.2) is 49.8 Å². The molecule has 0 spiro atoms. The number of rotatable bonds is 9. The molecule has 1 heteroatoms. The van der Waals surface area contributed by atoms with Crippen LogP contribution >= 0.6 is 0 Å². The average molecular weight is 247 g/mol. The monoisotopic (exact) mass is 247 g/mol. The van der Waals surface area contributed by atoms with Crippen molar-refractivity contribution in [3.05, 3.63) is 49.8 Å². The van der Waals surface area contributed by atoms with Gasteiger partial charge in [0.05, 0.1) is 0 Å². The normalized spacial score (nSPS) is 9.39. The van der Waals surface area contributed by atoms with E-state index >= 15 is 0 Å². The Morgan fingerprint density at radius 1 is 0.778 bits per heavy atom. The lowest BCUT2D eigenvalue weighted by atomic mass is 10.1. The first-order valence-corrected chi connectivity index (χ1v) is 7.10. The maximum atomic E-state index is 3.71. The summed E-state index contributed by atoms with van der Waals surface area (Å²) in [6.07, 6.45) is 18.6. The third-order valence-corrected chi connectivity index (χ3v) is 2.82. The number of hydrogen-bond donors (Lipinski definition) is 0. The topological polar surface area (TPSA) is 4.93 Å². The van der Waals surface area contributed by atoms with E-state index in [9.17, 15) is 0 Å². The molecule has 1 heterocycles. The molecule has 102 valence electrons. The van der Waals surface area contributed by atoms with Gasteiger partial charge in [0.25, 0.3) is 0 Å². The van der Waals surface area contributed by atoms with Crippen molar-refractivity contribution in [3.8, 4) is 0 Å². The van der Waals surface area contributed by atoms with Gasteiger partial charge in [0.2, 0.25) is 0 Å². The number of nitrogens with zero attached hydrogens (tertiary/aromatic N) is 1. The molecule has 0 aliphatic carbocycles. The molecule has 0 aliphatic rings. The molecule has 0 aliphatic heterocycles. The van der Waals surface area contributed by atoms with Crippen LogP contribution < -0.4 is 0 Å². The third kappa shape index (κ3) is 12.8. The zero-order valence-corrected chi connectivity index (χ0v) is 12.0. The number of hydrogen-bond acceptors (Lipinski definition) is 0. The van der Waals surface area contributed by atoms with Gasteiger partial charge in [-0.25, -0.2) is 0 Å². The van der Waals surface area contributed by atoms with Crippen molar-refractivity contribution in [2.24, 2.45) is 7.05 Å². The van der Waals surface area contributed by atoms with Gasteiger partial charge in [0.15, 0.2) is 0 Å². The maximum Gasteiger partial charge on any atom is 0.0106 e. The molecule has 0 aromatic carbocycles. The highest BCUT2D eigenvalue weighted by molar-refractivity contribution is 4.88. The molecule has 0 radical (unpaired) electrons. The van der Waals surface area contributed by atoms with E-state index in [1.54, 1.807) is 0 Å². The van der Waals surface area contributed by atoms with Crippen molar-refractivity contribution in [2.45, 2.75) is 51.4 Å². The molecular weight excluding hydrogens is 218 g/mol. The predicted octanol–water partition coefficient (Wildman–Crippen LogP) is 5.50. The molecule has 1 aromatic rings. The standard InChI is InChI=1S/C12H22.C5H7N/c1-3-5-7-9-11-12-10-8-6-4-2;1-6-4-2-3-5-6/h3-4H,1-2,5-12H2;2-5H,1H3. The zero-order chi connectivity index (χ0) is 13.5. The average Bonchev–Trinajstić information content (AvgIpc) is 2.85.